The maximum absolute atomic E-state index is 12.3. The molecule has 0 saturated carbocycles. The van der Waals surface area contributed by atoms with Crippen molar-refractivity contribution in [3.05, 3.63) is 65.4 Å². The fourth-order valence-corrected chi connectivity index (χ4v) is 2.36. The normalized spacial score (nSPS) is 10.4. The predicted octanol–water partition coefficient (Wildman–Crippen LogP) is 4.44. The van der Waals surface area contributed by atoms with Crippen LogP contribution >= 0.6 is 11.6 Å². The number of amides is 1. The summed E-state index contributed by atoms with van der Waals surface area (Å²) in [6, 6.07) is 15.5. The molecule has 3 rings (SSSR count). The first-order chi connectivity index (χ1) is 11.6. The quantitative estimate of drug-likeness (QED) is 0.687. The second kappa shape index (κ2) is 6.68. The lowest BCUT2D eigenvalue weighted by atomic mass is 10.2. The van der Waals surface area contributed by atoms with Crippen LogP contribution in [0.5, 0.6) is 5.75 Å². The smallest absolute Gasteiger partial charge is 0.291 e. The first-order valence-electron chi connectivity index (χ1n) is 7.17. The fraction of sp³-hybridized carbons (Fsp3) is 0.0556. The summed E-state index contributed by atoms with van der Waals surface area (Å²) >= 11 is 5.87. The number of hydrogen-bond acceptors (Lipinski definition) is 4. The molecule has 3 N–H and O–H groups in total. The number of carbonyl (C=O) groups excluding carboxylic acids is 1. The van der Waals surface area contributed by atoms with E-state index in [1.54, 1.807) is 42.5 Å². The van der Waals surface area contributed by atoms with E-state index in [9.17, 15) is 4.79 Å². The molecule has 0 aliphatic rings. The largest absolute Gasteiger partial charge is 0.495 e. The molecule has 122 valence electrons. The molecule has 0 aliphatic carbocycles. The lowest BCUT2D eigenvalue weighted by Crippen LogP contribution is -2.11. The zero-order chi connectivity index (χ0) is 17.1. The lowest BCUT2D eigenvalue weighted by molar-refractivity contribution is 0.0997. The van der Waals surface area contributed by atoms with Gasteiger partial charge in [0, 0.05) is 16.3 Å². The van der Waals surface area contributed by atoms with Crippen molar-refractivity contribution in [2.24, 2.45) is 0 Å². The van der Waals surface area contributed by atoms with Crippen LogP contribution in [0.4, 0.5) is 11.4 Å². The highest BCUT2D eigenvalue weighted by Crippen LogP contribution is 2.26. The average Bonchev–Trinajstić information content (AvgIpc) is 3.06. The Labute approximate surface area is 144 Å². The van der Waals surface area contributed by atoms with Gasteiger partial charge in [-0.15, -0.1) is 0 Å². The van der Waals surface area contributed by atoms with Crippen LogP contribution in [0.3, 0.4) is 0 Å². The van der Waals surface area contributed by atoms with E-state index in [4.69, 9.17) is 26.5 Å². The molecule has 0 saturated heterocycles. The van der Waals surface area contributed by atoms with Crippen molar-refractivity contribution in [2.75, 3.05) is 18.2 Å². The first-order valence-corrected chi connectivity index (χ1v) is 7.55. The Morgan fingerprint density at radius 3 is 2.54 bits per heavy atom. The summed E-state index contributed by atoms with van der Waals surface area (Å²) < 4.78 is 10.7. The van der Waals surface area contributed by atoms with Crippen LogP contribution in [0.15, 0.2) is 59.0 Å². The Kier molecular flexibility index (Phi) is 4.44. The second-order valence-corrected chi connectivity index (χ2v) is 5.52. The molecule has 24 heavy (non-hydrogen) atoms. The number of nitrogens with one attached hydrogen (secondary N) is 1. The molecule has 2 aromatic carbocycles. The molecule has 5 nitrogen and oxygen atoms in total. The Morgan fingerprint density at radius 1 is 1.12 bits per heavy atom. The monoisotopic (exact) mass is 342 g/mol. The van der Waals surface area contributed by atoms with Gasteiger partial charge in [0.1, 0.15) is 11.5 Å². The SMILES string of the molecule is COc1ccc(NC(=O)c2ccc(-c3ccc(Cl)cc3)o2)cc1N. The molecular weight excluding hydrogens is 328 g/mol. The zero-order valence-electron chi connectivity index (χ0n) is 12.9. The molecule has 1 aromatic heterocycles. The highest BCUT2D eigenvalue weighted by Gasteiger charge is 2.13. The van der Waals surface area contributed by atoms with Crippen molar-refractivity contribution < 1.29 is 13.9 Å². The average molecular weight is 343 g/mol. The van der Waals surface area contributed by atoms with Crippen LogP contribution in [-0.4, -0.2) is 13.0 Å². The van der Waals surface area contributed by atoms with Gasteiger partial charge >= 0.3 is 0 Å². The standard InChI is InChI=1S/C18H15ClN2O3/c1-23-16-7-6-13(10-14(16)20)21-18(22)17-9-8-15(24-17)11-2-4-12(19)5-3-11/h2-10H,20H2,1H3,(H,21,22). The third-order valence-electron chi connectivity index (χ3n) is 3.45. The molecule has 1 amide bonds. The Morgan fingerprint density at radius 2 is 1.88 bits per heavy atom. The third kappa shape index (κ3) is 3.36. The summed E-state index contributed by atoms with van der Waals surface area (Å²) in [7, 11) is 1.53. The first kappa shape index (κ1) is 16.0. The lowest BCUT2D eigenvalue weighted by Gasteiger charge is -2.07. The number of nitrogen functional groups attached to an aromatic ring is 1. The maximum atomic E-state index is 12.3. The van der Waals surface area contributed by atoms with E-state index in [0.717, 1.165) is 5.56 Å². The fourth-order valence-electron chi connectivity index (χ4n) is 2.23. The second-order valence-electron chi connectivity index (χ2n) is 5.08. The molecule has 0 atom stereocenters. The summed E-state index contributed by atoms with van der Waals surface area (Å²) in [5.74, 6) is 0.983. The van der Waals surface area contributed by atoms with E-state index in [1.165, 1.54) is 7.11 Å². The van der Waals surface area contributed by atoms with Gasteiger partial charge in [-0.1, -0.05) is 11.6 Å². The molecule has 0 spiro atoms. The minimum atomic E-state index is -0.361. The van der Waals surface area contributed by atoms with Gasteiger partial charge in [-0.2, -0.15) is 0 Å². The van der Waals surface area contributed by atoms with Crippen molar-refractivity contribution in [2.45, 2.75) is 0 Å². The van der Waals surface area contributed by atoms with Gasteiger partial charge in [0.05, 0.1) is 12.8 Å². The number of furan rings is 1. The number of carbonyl (C=O) groups is 1. The Hall–Kier alpha value is -2.92. The Balaban J connectivity index is 1.76. The number of benzene rings is 2. The van der Waals surface area contributed by atoms with Crippen LogP contribution in [0.25, 0.3) is 11.3 Å². The number of halogens is 1. The summed E-state index contributed by atoms with van der Waals surface area (Å²) in [4.78, 5) is 12.3. The van der Waals surface area contributed by atoms with Crippen LogP contribution in [-0.2, 0) is 0 Å². The van der Waals surface area contributed by atoms with Gasteiger partial charge < -0.3 is 20.2 Å². The van der Waals surface area contributed by atoms with Crippen LogP contribution in [0.2, 0.25) is 5.02 Å². The molecule has 3 aromatic rings. The summed E-state index contributed by atoms with van der Waals surface area (Å²) in [6.45, 7) is 0. The van der Waals surface area contributed by atoms with Crippen LogP contribution < -0.4 is 15.8 Å². The number of methoxy groups -OCH3 is 1. The highest BCUT2D eigenvalue weighted by atomic mass is 35.5. The van der Waals surface area contributed by atoms with Crippen LogP contribution in [0.1, 0.15) is 10.6 Å². The minimum absolute atomic E-state index is 0.203. The molecule has 0 aliphatic heterocycles. The highest BCUT2D eigenvalue weighted by molar-refractivity contribution is 6.30. The number of anilines is 2. The molecular formula is C18H15ClN2O3. The summed E-state index contributed by atoms with van der Waals surface area (Å²) in [6.07, 6.45) is 0. The summed E-state index contributed by atoms with van der Waals surface area (Å²) in [5, 5.41) is 3.37. The molecule has 0 fully saturated rings. The Bertz CT molecular complexity index is 872. The number of hydrogen-bond donors (Lipinski definition) is 2. The summed E-state index contributed by atoms with van der Waals surface area (Å²) in [5.41, 5.74) is 7.67. The van der Waals surface area contributed by atoms with Gasteiger partial charge in [-0.25, -0.2) is 0 Å². The van der Waals surface area contributed by atoms with Crippen molar-refractivity contribution >= 4 is 28.9 Å². The van der Waals surface area contributed by atoms with E-state index in [-0.39, 0.29) is 11.7 Å². The van der Waals surface area contributed by atoms with Crippen LogP contribution in [0, 0.1) is 0 Å². The third-order valence-corrected chi connectivity index (χ3v) is 3.70. The molecule has 0 bridgehead atoms. The minimum Gasteiger partial charge on any atom is -0.495 e. The molecule has 6 heteroatoms. The molecule has 0 unspecified atom stereocenters. The van der Waals surface area contributed by atoms with Crippen molar-refractivity contribution in [3.8, 4) is 17.1 Å². The van der Waals surface area contributed by atoms with E-state index in [1.807, 2.05) is 12.1 Å². The maximum Gasteiger partial charge on any atom is 0.291 e. The van der Waals surface area contributed by atoms with Gasteiger partial charge in [-0.05, 0) is 54.6 Å². The van der Waals surface area contributed by atoms with Gasteiger partial charge in [0.25, 0.3) is 5.91 Å². The van der Waals surface area contributed by atoms with E-state index >= 15 is 0 Å². The molecule has 1 heterocycles. The van der Waals surface area contributed by atoms with Gasteiger partial charge in [0.15, 0.2) is 5.76 Å². The zero-order valence-corrected chi connectivity index (χ0v) is 13.6. The number of rotatable bonds is 4. The topological polar surface area (TPSA) is 77.5 Å². The predicted molar refractivity (Wildman–Crippen MR) is 94.5 cm³/mol. The van der Waals surface area contributed by atoms with Gasteiger partial charge in [-0.3, -0.25) is 4.79 Å². The van der Waals surface area contributed by atoms with Gasteiger partial charge in [0.2, 0.25) is 0 Å². The number of ether oxygens (including phenoxy) is 1. The van der Waals surface area contributed by atoms with Crippen molar-refractivity contribution in [1.82, 2.24) is 0 Å². The van der Waals surface area contributed by atoms with E-state index in [2.05, 4.69) is 5.32 Å². The number of nitrogens with two attached hydrogens (primary N) is 1. The van der Waals surface area contributed by atoms with E-state index < -0.39 is 0 Å². The van der Waals surface area contributed by atoms with Crippen molar-refractivity contribution in [1.29, 1.82) is 0 Å². The van der Waals surface area contributed by atoms with E-state index in [0.29, 0.717) is 27.9 Å². The molecule has 0 radical (unpaired) electrons. The van der Waals surface area contributed by atoms with Crippen molar-refractivity contribution in [3.63, 3.8) is 0 Å².